The van der Waals surface area contributed by atoms with Gasteiger partial charge in [0.15, 0.2) is 0 Å². The molecule has 6 nitrogen and oxygen atoms in total. The summed E-state index contributed by atoms with van der Waals surface area (Å²) >= 11 is 12.2. The predicted molar refractivity (Wildman–Crippen MR) is 88.7 cm³/mol. The van der Waals surface area contributed by atoms with Crippen molar-refractivity contribution in [2.75, 3.05) is 4.90 Å². The summed E-state index contributed by atoms with van der Waals surface area (Å²) in [6.45, 7) is 0. The molecular weight excluding hydrogens is 337 g/mol. The van der Waals surface area contributed by atoms with Gasteiger partial charge in [0.25, 0.3) is 0 Å². The number of hydrogen-bond donors (Lipinski definition) is 2. The lowest BCUT2D eigenvalue weighted by Crippen LogP contribution is -2.33. The number of anilines is 2. The van der Waals surface area contributed by atoms with Crippen LogP contribution in [0.3, 0.4) is 0 Å². The van der Waals surface area contributed by atoms with Crippen molar-refractivity contribution in [1.82, 2.24) is 0 Å². The van der Waals surface area contributed by atoms with Crippen LogP contribution in [0.4, 0.5) is 11.4 Å². The number of guanidine groups is 1. The molecule has 2 rings (SSSR count). The number of nitriles is 2. The maximum absolute atomic E-state index is 10.2. The van der Waals surface area contributed by atoms with Gasteiger partial charge in [0, 0.05) is 0 Å². The summed E-state index contributed by atoms with van der Waals surface area (Å²) in [4.78, 5) is 4.75. The Morgan fingerprint density at radius 3 is 2.52 bits per heavy atom. The Morgan fingerprint density at radius 1 is 1.17 bits per heavy atom. The zero-order valence-corrected chi connectivity index (χ0v) is 13.0. The van der Waals surface area contributed by atoms with Crippen molar-refractivity contribution in [3.05, 3.63) is 52.0 Å². The molecule has 0 fully saturated rings. The molecule has 0 heterocycles. The molecule has 0 aromatic heterocycles. The van der Waals surface area contributed by atoms with Crippen molar-refractivity contribution in [2.24, 2.45) is 10.7 Å². The first-order valence-corrected chi connectivity index (χ1v) is 6.94. The first kappa shape index (κ1) is 16.4. The van der Waals surface area contributed by atoms with Crippen LogP contribution < -0.4 is 10.6 Å². The molecule has 114 valence electrons. The highest BCUT2D eigenvalue weighted by atomic mass is 35.5. The Bertz CT molecular complexity index is 867. The fraction of sp³-hybridized carbons (Fsp3) is 0. The lowest BCUT2D eigenvalue weighted by Gasteiger charge is -2.25. The highest BCUT2D eigenvalue weighted by Crippen LogP contribution is 2.39. The number of benzene rings is 2. The highest BCUT2D eigenvalue weighted by molar-refractivity contribution is 6.44. The second kappa shape index (κ2) is 6.89. The lowest BCUT2D eigenvalue weighted by molar-refractivity contribution is 0.476. The van der Waals surface area contributed by atoms with Gasteiger partial charge in [-0.25, -0.2) is 0 Å². The van der Waals surface area contributed by atoms with Crippen LogP contribution in [0.25, 0.3) is 0 Å². The molecule has 0 saturated carbocycles. The number of phenolic OH excluding ortho intramolecular Hbond substituents is 1. The molecule has 0 spiro atoms. The van der Waals surface area contributed by atoms with Gasteiger partial charge in [-0.05, 0) is 30.3 Å². The fourth-order valence-electron chi connectivity index (χ4n) is 1.92. The maximum atomic E-state index is 10.2. The van der Waals surface area contributed by atoms with Gasteiger partial charge in [0.1, 0.15) is 5.75 Å². The minimum atomic E-state index is -0.226. The molecule has 2 aromatic carbocycles. The molecule has 0 unspecified atom stereocenters. The average molecular weight is 346 g/mol. The fourth-order valence-corrected chi connectivity index (χ4v) is 2.31. The molecule has 0 amide bonds. The van der Waals surface area contributed by atoms with E-state index in [-0.39, 0.29) is 33.0 Å². The third kappa shape index (κ3) is 3.29. The average Bonchev–Trinajstić information content (AvgIpc) is 2.53. The topological polar surface area (TPSA) is 109 Å². The van der Waals surface area contributed by atoms with Crippen LogP contribution in [0, 0.1) is 22.8 Å². The zero-order valence-electron chi connectivity index (χ0n) is 11.5. The minimum Gasteiger partial charge on any atom is -0.506 e. The molecule has 0 atom stereocenters. The minimum absolute atomic E-state index is 0.175. The Morgan fingerprint density at radius 2 is 1.91 bits per heavy atom. The third-order valence-electron chi connectivity index (χ3n) is 2.91. The summed E-state index contributed by atoms with van der Waals surface area (Å²) in [6, 6.07) is 10.9. The molecule has 0 radical (unpaired) electrons. The van der Waals surface area contributed by atoms with Crippen molar-refractivity contribution in [3.8, 4) is 18.0 Å². The van der Waals surface area contributed by atoms with Gasteiger partial charge >= 0.3 is 0 Å². The van der Waals surface area contributed by atoms with Crippen molar-refractivity contribution in [2.45, 2.75) is 0 Å². The number of nitrogens with zero attached hydrogens (tertiary/aromatic N) is 4. The summed E-state index contributed by atoms with van der Waals surface area (Å²) in [6.07, 6.45) is 1.57. The number of phenols is 1. The molecule has 23 heavy (non-hydrogen) atoms. The van der Waals surface area contributed by atoms with Crippen LogP contribution in [0.1, 0.15) is 5.56 Å². The molecule has 0 aliphatic rings. The van der Waals surface area contributed by atoms with Crippen molar-refractivity contribution < 1.29 is 5.11 Å². The van der Waals surface area contributed by atoms with E-state index in [2.05, 4.69) is 4.99 Å². The van der Waals surface area contributed by atoms with Crippen LogP contribution in [-0.2, 0) is 0 Å². The second-order valence-electron chi connectivity index (χ2n) is 4.29. The molecule has 8 heteroatoms. The molecule has 0 aliphatic carbocycles. The van der Waals surface area contributed by atoms with E-state index in [1.165, 1.54) is 23.1 Å². The highest BCUT2D eigenvalue weighted by Gasteiger charge is 2.21. The molecule has 2 aromatic rings. The third-order valence-corrected chi connectivity index (χ3v) is 3.72. The van der Waals surface area contributed by atoms with E-state index in [0.717, 1.165) is 0 Å². The van der Waals surface area contributed by atoms with Gasteiger partial charge in [-0.2, -0.15) is 10.5 Å². The number of aromatic hydroxyl groups is 1. The van der Waals surface area contributed by atoms with Crippen LogP contribution in [0.5, 0.6) is 5.75 Å². The van der Waals surface area contributed by atoms with Crippen LogP contribution >= 0.6 is 23.2 Å². The first-order chi connectivity index (χ1) is 11.0. The normalized spacial score (nSPS) is 10.7. The smallest absolute Gasteiger partial charge is 0.216 e. The second-order valence-corrected chi connectivity index (χ2v) is 5.08. The van der Waals surface area contributed by atoms with E-state index in [1.54, 1.807) is 24.4 Å². The van der Waals surface area contributed by atoms with Crippen LogP contribution in [0.2, 0.25) is 10.0 Å². The molecular formula is C15H9Cl2N5O. The molecule has 0 saturated heterocycles. The summed E-state index contributed by atoms with van der Waals surface area (Å²) < 4.78 is 0. The van der Waals surface area contributed by atoms with E-state index in [0.29, 0.717) is 5.69 Å². The molecule has 3 N–H and O–H groups in total. The summed E-state index contributed by atoms with van der Waals surface area (Å²) in [7, 11) is 0. The van der Waals surface area contributed by atoms with Crippen molar-refractivity contribution in [1.29, 1.82) is 10.5 Å². The van der Waals surface area contributed by atoms with E-state index >= 15 is 0 Å². The monoisotopic (exact) mass is 345 g/mol. The number of halogens is 2. The SMILES string of the molecule is N#CN=C(N)N(c1ccc(C#N)cc1O)c1cccc(Cl)c1Cl. The van der Waals surface area contributed by atoms with Crippen LogP contribution in [-0.4, -0.2) is 11.1 Å². The standard InChI is InChI=1S/C15H9Cl2N5O/c16-10-2-1-3-12(14(10)17)22(15(20)21-8-19)11-5-4-9(7-18)6-13(11)23/h1-6,23H,(H2,20,21). The van der Waals surface area contributed by atoms with E-state index in [1.807, 2.05) is 6.07 Å². The Balaban J connectivity index is 2.70. The van der Waals surface area contributed by atoms with E-state index < -0.39 is 0 Å². The summed E-state index contributed by atoms with van der Waals surface area (Å²) in [5, 5.41) is 28.2. The van der Waals surface area contributed by atoms with Gasteiger partial charge in [-0.1, -0.05) is 29.3 Å². The summed E-state index contributed by atoms with van der Waals surface area (Å²) in [5.41, 5.74) is 6.62. The summed E-state index contributed by atoms with van der Waals surface area (Å²) in [5.74, 6) is -0.437. The van der Waals surface area contributed by atoms with Gasteiger partial charge in [0.05, 0.1) is 33.1 Å². The van der Waals surface area contributed by atoms with E-state index in [4.69, 9.17) is 39.5 Å². The lowest BCUT2D eigenvalue weighted by atomic mass is 10.1. The molecule has 0 bridgehead atoms. The number of nitrogens with two attached hydrogens (primary N) is 1. The van der Waals surface area contributed by atoms with Crippen molar-refractivity contribution >= 4 is 40.5 Å². The number of hydrogen-bond acceptors (Lipinski definition) is 4. The van der Waals surface area contributed by atoms with Gasteiger partial charge in [-0.15, -0.1) is 4.99 Å². The predicted octanol–water partition coefficient (Wildman–Crippen LogP) is 3.50. The zero-order chi connectivity index (χ0) is 17.0. The largest absolute Gasteiger partial charge is 0.506 e. The maximum Gasteiger partial charge on any atom is 0.216 e. The molecule has 0 aliphatic heterocycles. The Kier molecular flexibility index (Phi) is 4.92. The Hall–Kier alpha value is -2.93. The van der Waals surface area contributed by atoms with Crippen molar-refractivity contribution in [3.63, 3.8) is 0 Å². The quantitative estimate of drug-likeness (QED) is 0.491. The number of rotatable bonds is 2. The van der Waals surface area contributed by atoms with Gasteiger partial charge < -0.3 is 10.8 Å². The number of aliphatic imine (C=N–C) groups is 1. The van der Waals surface area contributed by atoms with Gasteiger partial charge in [0.2, 0.25) is 12.2 Å². The van der Waals surface area contributed by atoms with Crippen LogP contribution in [0.15, 0.2) is 41.4 Å². The van der Waals surface area contributed by atoms with Gasteiger partial charge in [-0.3, -0.25) is 4.90 Å². The Labute approximate surface area is 142 Å². The first-order valence-electron chi connectivity index (χ1n) is 6.19. The van der Waals surface area contributed by atoms with E-state index in [9.17, 15) is 5.11 Å².